The van der Waals surface area contributed by atoms with Crippen molar-refractivity contribution in [1.29, 1.82) is 0 Å². The summed E-state index contributed by atoms with van der Waals surface area (Å²) in [5.74, 6) is -2.36. The summed E-state index contributed by atoms with van der Waals surface area (Å²) in [5.41, 5.74) is 2.86. The Labute approximate surface area is 222 Å². The number of halogens is 1. The number of carbonyl (C=O) groups is 3. The van der Waals surface area contributed by atoms with Crippen LogP contribution in [0.2, 0.25) is 5.02 Å². The number of amides is 1. The lowest BCUT2D eigenvalue weighted by Crippen LogP contribution is -2.45. The second kappa shape index (κ2) is 12.2. The molecule has 2 unspecified atom stereocenters. The molecule has 194 valence electrons. The Kier molecular flexibility index (Phi) is 8.77. The highest BCUT2D eigenvalue weighted by Crippen LogP contribution is 2.30. The van der Waals surface area contributed by atoms with Crippen molar-refractivity contribution < 1.29 is 19.5 Å². The summed E-state index contributed by atoms with van der Waals surface area (Å²) in [7, 11) is 0. The van der Waals surface area contributed by atoms with E-state index in [9.17, 15) is 19.5 Å². The van der Waals surface area contributed by atoms with E-state index in [-0.39, 0.29) is 37.1 Å². The topological polar surface area (TPSA) is 92.5 Å². The zero-order valence-corrected chi connectivity index (χ0v) is 21.7. The zero-order chi connectivity index (χ0) is 26.4. The maximum absolute atomic E-state index is 13.4. The second-order valence-corrected chi connectivity index (χ2v) is 10.1. The Morgan fingerprint density at radius 1 is 1.11 bits per heavy atom. The maximum Gasteiger partial charge on any atom is 0.307 e. The van der Waals surface area contributed by atoms with Gasteiger partial charge in [0, 0.05) is 23.6 Å². The number of carboxylic acids is 1. The number of aliphatic carboxylic acids is 1. The van der Waals surface area contributed by atoms with Gasteiger partial charge in [0.2, 0.25) is 0 Å². The molecule has 1 amide bonds. The van der Waals surface area contributed by atoms with Crippen molar-refractivity contribution in [2.24, 2.45) is 5.92 Å². The Balaban J connectivity index is 1.51. The van der Waals surface area contributed by atoms with Gasteiger partial charge in [0.05, 0.1) is 24.2 Å². The number of rotatable bonds is 12. The third kappa shape index (κ3) is 6.66. The van der Waals surface area contributed by atoms with Gasteiger partial charge >= 0.3 is 5.97 Å². The molecule has 0 aliphatic carbocycles. The molecule has 2 heterocycles. The van der Waals surface area contributed by atoms with Crippen LogP contribution in [0.25, 0.3) is 11.3 Å². The van der Waals surface area contributed by atoms with Crippen molar-refractivity contribution in [2.75, 3.05) is 13.1 Å². The second-order valence-electron chi connectivity index (χ2n) is 9.67. The summed E-state index contributed by atoms with van der Waals surface area (Å²) in [6.45, 7) is 2.41. The number of fused-ring (bicyclic) bond motifs is 1. The van der Waals surface area contributed by atoms with Crippen molar-refractivity contribution in [2.45, 2.75) is 51.5 Å². The quantitative estimate of drug-likeness (QED) is 0.309. The van der Waals surface area contributed by atoms with Crippen molar-refractivity contribution in [3.63, 3.8) is 0 Å². The van der Waals surface area contributed by atoms with Crippen LogP contribution in [0, 0.1) is 5.92 Å². The van der Waals surface area contributed by atoms with Crippen LogP contribution in [0.3, 0.4) is 0 Å². The smallest absolute Gasteiger partial charge is 0.307 e. The molecule has 1 aliphatic rings. The summed E-state index contributed by atoms with van der Waals surface area (Å²) in [6, 6.07) is 18.3. The molecule has 4 rings (SSSR count). The van der Waals surface area contributed by atoms with Gasteiger partial charge in [-0.1, -0.05) is 80.3 Å². The van der Waals surface area contributed by atoms with E-state index in [1.54, 1.807) is 27.8 Å². The molecule has 0 bridgehead atoms. The van der Waals surface area contributed by atoms with Crippen LogP contribution in [0.15, 0.2) is 60.7 Å². The first-order valence-corrected chi connectivity index (χ1v) is 13.2. The van der Waals surface area contributed by atoms with Crippen LogP contribution in [0.1, 0.15) is 61.1 Å². The number of nitrogens with zero attached hydrogens (tertiary/aromatic N) is 3. The van der Waals surface area contributed by atoms with Crippen LogP contribution in [0.4, 0.5) is 0 Å². The van der Waals surface area contributed by atoms with E-state index < -0.39 is 11.9 Å². The van der Waals surface area contributed by atoms with Gasteiger partial charge in [0.15, 0.2) is 5.78 Å². The number of hydrogen-bond acceptors (Lipinski definition) is 4. The molecule has 2 atom stereocenters. The van der Waals surface area contributed by atoms with Gasteiger partial charge in [-0.3, -0.25) is 19.1 Å². The molecular formula is C29H32ClN3O4. The van der Waals surface area contributed by atoms with Gasteiger partial charge in [-0.15, -0.1) is 0 Å². The Morgan fingerprint density at radius 2 is 1.84 bits per heavy atom. The SMILES string of the molecule is CCCCCC1CN(CC(=O)CC(Cc2ccccc2)C(=O)O)C(=O)c2cc(-c3ccc(Cl)cc3)nn21. The van der Waals surface area contributed by atoms with Gasteiger partial charge in [-0.05, 0) is 36.6 Å². The number of Topliss-reactive ketones (excluding diaryl/α,β-unsaturated/α-hetero) is 1. The molecule has 3 aromatic rings. The third-order valence-electron chi connectivity index (χ3n) is 6.82. The third-order valence-corrected chi connectivity index (χ3v) is 7.07. The number of unbranched alkanes of at least 4 members (excludes halogenated alkanes) is 2. The van der Waals surface area contributed by atoms with Crippen molar-refractivity contribution in [3.8, 4) is 11.3 Å². The number of benzene rings is 2. The lowest BCUT2D eigenvalue weighted by molar-refractivity contribution is -0.143. The predicted octanol–water partition coefficient (Wildman–Crippen LogP) is 5.68. The molecule has 0 radical (unpaired) electrons. The van der Waals surface area contributed by atoms with E-state index in [1.165, 1.54) is 0 Å². The average molecular weight is 522 g/mol. The number of carbonyl (C=O) groups excluding carboxylic acids is 2. The minimum atomic E-state index is -1.01. The molecule has 8 heteroatoms. The molecule has 0 fully saturated rings. The molecule has 2 aromatic carbocycles. The van der Waals surface area contributed by atoms with Gasteiger partial charge < -0.3 is 10.0 Å². The van der Waals surface area contributed by atoms with E-state index in [0.717, 1.165) is 36.8 Å². The van der Waals surface area contributed by atoms with Crippen molar-refractivity contribution in [3.05, 3.63) is 76.9 Å². The summed E-state index contributed by atoms with van der Waals surface area (Å²) >= 11 is 6.03. The van der Waals surface area contributed by atoms with Gasteiger partial charge in [0.1, 0.15) is 5.69 Å². The summed E-state index contributed by atoms with van der Waals surface area (Å²) in [5, 5.41) is 15.1. The normalized spacial score (nSPS) is 15.9. The zero-order valence-electron chi connectivity index (χ0n) is 21.0. The highest BCUT2D eigenvalue weighted by atomic mass is 35.5. The molecule has 1 N–H and O–H groups in total. The molecule has 1 aromatic heterocycles. The van der Waals surface area contributed by atoms with E-state index in [0.29, 0.717) is 23.0 Å². The summed E-state index contributed by atoms with van der Waals surface area (Å²) in [4.78, 5) is 39.8. The fraction of sp³-hybridized carbons (Fsp3) is 0.379. The summed E-state index contributed by atoms with van der Waals surface area (Å²) < 4.78 is 1.80. The molecule has 0 saturated heterocycles. The van der Waals surface area contributed by atoms with Crippen LogP contribution >= 0.6 is 11.6 Å². The highest BCUT2D eigenvalue weighted by molar-refractivity contribution is 6.30. The van der Waals surface area contributed by atoms with E-state index >= 15 is 0 Å². The average Bonchev–Trinajstić information content (AvgIpc) is 3.33. The maximum atomic E-state index is 13.4. The fourth-order valence-electron chi connectivity index (χ4n) is 4.85. The van der Waals surface area contributed by atoms with Crippen molar-refractivity contribution in [1.82, 2.24) is 14.7 Å². The van der Waals surface area contributed by atoms with Crippen LogP contribution in [-0.2, 0) is 16.0 Å². The molecule has 0 saturated carbocycles. The number of hydrogen-bond donors (Lipinski definition) is 1. The summed E-state index contributed by atoms with van der Waals surface area (Å²) in [6.07, 6.45) is 4.13. The first-order valence-electron chi connectivity index (χ1n) is 12.8. The Hall–Kier alpha value is -3.45. The number of aromatic nitrogens is 2. The molecule has 37 heavy (non-hydrogen) atoms. The minimum absolute atomic E-state index is 0.0484. The largest absolute Gasteiger partial charge is 0.481 e. The van der Waals surface area contributed by atoms with Crippen LogP contribution < -0.4 is 0 Å². The fourth-order valence-corrected chi connectivity index (χ4v) is 4.97. The first kappa shape index (κ1) is 26.6. The highest BCUT2D eigenvalue weighted by Gasteiger charge is 2.34. The van der Waals surface area contributed by atoms with Crippen molar-refractivity contribution >= 4 is 29.3 Å². The van der Waals surface area contributed by atoms with Gasteiger partial charge in [-0.25, -0.2) is 0 Å². The number of carboxylic acid groups (broad SMARTS) is 1. The molecule has 0 spiro atoms. The predicted molar refractivity (Wildman–Crippen MR) is 143 cm³/mol. The van der Waals surface area contributed by atoms with Crippen LogP contribution in [-0.4, -0.2) is 50.5 Å². The molecule has 1 aliphatic heterocycles. The van der Waals surface area contributed by atoms with Crippen LogP contribution in [0.5, 0.6) is 0 Å². The standard InChI is InChI=1S/C29H32ClN3O4/c1-2-3-5-10-24-18-32(19-25(34)16-22(29(36)37)15-20-8-6-4-7-9-20)28(35)27-17-26(31-33(24)27)21-11-13-23(30)14-12-21/h4,6-9,11-14,17,22,24H,2-3,5,10,15-16,18-19H2,1H3,(H,36,37). The Morgan fingerprint density at radius 3 is 2.51 bits per heavy atom. The van der Waals surface area contributed by atoms with E-state index in [1.807, 2.05) is 42.5 Å². The minimum Gasteiger partial charge on any atom is -0.481 e. The first-order chi connectivity index (χ1) is 17.9. The van der Waals surface area contributed by atoms with Gasteiger partial charge in [-0.2, -0.15) is 5.10 Å². The lowest BCUT2D eigenvalue weighted by Gasteiger charge is -2.33. The monoisotopic (exact) mass is 521 g/mol. The van der Waals surface area contributed by atoms with E-state index in [4.69, 9.17) is 16.7 Å². The number of ketones is 1. The lowest BCUT2D eigenvalue weighted by atomic mass is 9.94. The molecular weight excluding hydrogens is 490 g/mol. The Bertz CT molecular complexity index is 1240. The van der Waals surface area contributed by atoms with Gasteiger partial charge in [0.25, 0.3) is 5.91 Å². The van der Waals surface area contributed by atoms with E-state index in [2.05, 4.69) is 6.92 Å². The molecule has 7 nitrogen and oxygen atoms in total.